The fraction of sp³-hybridized carbons (Fsp3) is 0.308. The van der Waals surface area contributed by atoms with Crippen LogP contribution in [0.25, 0.3) is 10.1 Å². The summed E-state index contributed by atoms with van der Waals surface area (Å²) in [4.78, 5) is 11.3. The monoisotopic (exact) mass is 313 g/mol. The normalized spacial score (nSPS) is 13.8. The van der Waals surface area contributed by atoms with Crippen LogP contribution in [-0.4, -0.2) is 25.5 Å². The maximum Gasteiger partial charge on any atom is 0.322 e. The van der Waals surface area contributed by atoms with Crippen molar-refractivity contribution in [3.05, 3.63) is 29.6 Å². The zero-order valence-corrected chi connectivity index (χ0v) is 12.7. The molecule has 0 aliphatic heterocycles. The second-order valence-corrected chi connectivity index (χ2v) is 7.37. The zero-order valence-electron chi connectivity index (χ0n) is 11.0. The van der Waals surface area contributed by atoms with Gasteiger partial charge >= 0.3 is 5.97 Å². The van der Waals surface area contributed by atoms with Crippen molar-refractivity contribution in [2.24, 2.45) is 5.92 Å². The van der Waals surface area contributed by atoms with E-state index in [-0.39, 0.29) is 10.8 Å². The average molecular weight is 313 g/mol. The van der Waals surface area contributed by atoms with E-state index in [1.165, 1.54) is 16.7 Å². The Bertz CT molecular complexity index is 734. The minimum atomic E-state index is -3.85. The first-order valence-corrected chi connectivity index (χ1v) is 8.40. The SMILES string of the molecule is CC(C)C(NS(=O)(=O)c1csc2ccccc12)C(=O)O. The van der Waals surface area contributed by atoms with Crippen LogP contribution in [0.15, 0.2) is 34.5 Å². The molecule has 2 N–H and O–H groups in total. The van der Waals surface area contributed by atoms with Crippen LogP contribution in [0, 0.1) is 5.92 Å². The van der Waals surface area contributed by atoms with Gasteiger partial charge in [-0.25, -0.2) is 8.42 Å². The molecule has 0 radical (unpaired) electrons. The molecule has 0 saturated carbocycles. The first kappa shape index (κ1) is 15.0. The Morgan fingerprint density at radius 1 is 1.30 bits per heavy atom. The summed E-state index contributed by atoms with van der Waals surface area (Å²) in [6.45, 7) is 3.32. The van der Waals surface area contributed by atoms with E-state index in [9.17, 15) is 13.2 Å². The van der Waals surface area contributed by atoms with Gasteiger partial charge in [0.25, 0.3) is 0 Å². The molecule has 1 heterocycles. The maximum atomic E-state index is 12.4. The van der Waals surface area contributed by atoms with Crippen molar-refractivity contribution >= 4 is 37.4 Å². The van der Waals surface area contributed by atoms with Gasteiger partial charge < -0.3 is 5.11 Å². The lowest BCUT2D eigenvalue weighted by molar-refractivity contribution is -0.140. The largest absolute Gasteiger partial charge is 0.480 e. The molecule has 0 amide bonds. The van der Waals surface area contributed by atoms with Crippen molar-refractivity contribution in [1.29, 1.82) is 0 Å². The predicted octanol–water partition coefficient (Wildman–Crippen LogP) is 2.29. The molecule has 0 aliphatic carbocycles. The van der Waals surface area contributed by atoms with Gasteiger partial charge in [-0.15, -0.1) is 11.3 Å². The summed E-state index contributed by atoms with van der Waals surface area (Å²) < 4.78 is 27.8. The van der Waals surface area contributed by atoms with Crippen molar-refractivity contribution in [2.75, 3.05) is 0 Å². The van der Waals surface area contributed by atoms with E-state index in [1.54, 1.807) is 26.0 Å². The van der Waals surface area contributed by atoms with E-state index >= 15 is 0 Å². The van der Waals surface area contributed by atoms with E-state index < -0.39 is 22.0 Å². The van der Waals surface area contributed by atoms with E-state index in [0.29, 0.717) is 5.39 Å². The number of nitrogens with one attached hydrogen (secondary N) is 1. The van der Waals surface area contributed by atoms with Crippen LogP contribution in [0.4, 0.5) is 0 Å². The Balaban J connectivity index is 2.42. The third kappa shape index (κ3) is 2.84. The van der Waals surface area contributed by atoms with Gasteiger partial charge in [-0.1, -0.05) is 32.0 Å². The molecular weight excluding hydrogens is 298 g/mol. The number of rotatable bonds is 5. The molecule has 0 spiro atoms. The number of carbonyl (C=O) groups is 1. The highest BCUT2D eigenvalue weighted by molar-refractivity contribution is 7.90. The molecule has 0 aliphatic rings. The van der Waals surface area contributed by atoms with Crippen LogP contribution in [0.1, 0.15) is 13.8 Å². The van der Waals surface area contributed by atoms with Crippen molar-refractivity contribution in [1.82, 2.24) is 4.72 Å². The fourth-order valence-corrected chi connectivity index (χ4v) is 4.70. The molecule has 1 aromatic carbocycles. The standard InChI is InChI=1S/C13H15NO4S2/c1-8(2)12(13(15)16)14-20(17,18)11-7-19-10-6-4-3-5-9(10)11/h3-8,12,14H,1-2H3,(H,15,16). The Kier molecular flexibility index (Phi) is 4.12. The smallest absolute Gasteiger partial charge is 0.322 e. The topological polar surface area (TPSA) is 83.5 Å². The second-order valence-electron chi connectivity index (χ2n) is 4.78. The number of fused-ring (bicyclic) bond motifs is 1. The third-order valence-corrected chi connectivity index (χ3v) is 5.54. The number of aliphatic carboxylic acids is 1. The fourth-order valence-electron chi connectivity index (χ4n) is 1.86. The lowest BCUT2D eigenvalue weighted by atomic mass is 10.1. The van der Waals surface area contributed by atoms with Crippen LogP contribution >= 0.6 is 11.3 Å². The van der Waals surface area contributed by atoms with Crippen LogP contribution < -0.4 is 4.72 Å². The van der Waals surface area contributed by atoms with Crippen molar-refractivity contribution in [3.63, 3.8) is 0 Å². The molecule has 108 valence electrons. The molecule has 5 nitrogen and oxygen atoms in total. The number of sulfonamides is 1. The number of carboxylic acids is 1. The molecule has 2 rings (SSSR count). The average Bonchev–Trinajstić information content (AvgIpc) is 2.80. The second kappa shape index (κ2) is 5.51. The molecule has 0 fully saturated rings. The number of thiophene rings is 1. The summed E-state index contributed by atoms with van der Waals surface area (Å²) >= 11 is 1.32. The minimum absolute atomic E-state index is 0.130. The molecule has 1 aromatic heterocycles. The molecule has 20 heavy (non-hydrogen) atoms. The lowest BCUT2D eigenvalue weighted by Gasteiger charge is -2.17. The summed E-state index contributed by atoms with van der Waals surface area (Å²) in [7, 11) is -3.85. The zero-order chi connectivity index (χ0) is 14.9. The predicted molar refractivity (Wildman–Crippen MR) is 78.4 cm³/mol. The van der Waals surface area contributed by atoms with Gasteiger partial charge in [0.15, 0.2) is 0 Å². The highest BCUT2D eigenvalue weighted by Crippen LogP contribution is 2.29. The van der Waals surface area contributed by atoms with Gasteiger partial charge in [0.2, 0.25) is 10.0 Å². The Morgan fingerprint density at radius 2 is 1.95 bits per heavy atom. The van der Waals surface area contributed by atoms with E-state index in [0.717, 1.165) is 4.70 Å². The van der Waals surface area contributed by atoms with Gasteiger partial charge in [-0.05, 0) is 12.0 Å². The first-order valence-electron chi connectivity index (χ1n) is 6.04. The Morgan fingerprint density at radius 3 is 2.55 bits per heavy atom. The van der Waals surface area contributed by atoms with Gasteiger partial charge in [0.05, 0.1) is 0 Å². The molecule has 0 bridgehead atoms. The van der Waals surface area contributed by atoms with E-state index in [1.807, 2.05) is 12.1 Å². The van der Waals surface area contributed by atoms with Crippen LogP contribution in [-0.2, 0) is 14.8 Å². The molecular formula is C13H15NO4S2. The van der Waals surface area contributed by atoms with Crippen molar-refractivity contribution in [3.8, 4) is 0 Å². The number of hydrogen-bond donors (Lipinski definition) is 2. The summed E-state index contributed by atoms with van der Waals surface area (Å²) in [5.41, 5.74) is 0. The van der Waals surface area contributed by atoms with E-state index in [4.69, 9.17) is 5.11 Å². The first-order chi connectivity index (χ1) is 9.33. The molecule has 1 unspecified atom stereocenters. The summed E-state index contributed by atoms with van der Waals surface area (Å²) in [5, 5.41) is 11.2. The van der Waals surface area contributed by atoms with Crippen LogP contribution in [0.5, 0.6) is 0 Å². The van der Waals surface area contributed by atoms with Crippen LogP contribution in [0.3, 0.4) is 0 Å². The Labute approximate surface area is 121 Å². The Hall–Kier alpha value is -1.44. The molecule has 7 heteroatoms. The maximum absolute atomic E-state index is 12.4. The lowest BCUT2D eigenvalue weighted by Crippen LogP contribution is -2.44. The van der Waals surface area contributed by atoms with E-state index in [2.05, 4.69) is 4.72 Å². The highest BCUT2D eigenvalue weighted by atomic mass is 32.2. The number of benzene rings is 1. The van der Waals surface area contributed by atoms with Crippen LogP contribution in [0.2, 0.25) is 0 Å². The number of hydrogen-bond acceptors (Lipinski definition) is 4. The molecule has 1 atom stereocenters. The van der Waals surface area contributed by atoms with Crippen molar-refractivity contribution < 1.29 is 18.3 Å². The molecule has 0 saturated heterocycles. The summed E-state index contributed by atoms with van der Waals surface area (Å²) in [5.74, 6) is -1.52. The van der Waals surface area contributed by atoms with Gasteiger partial charge in [-0.3, -0.25) is 4.79 Å². The highest BCUT2D eigenvalue weighted by Gasteiger charge is 2.29. The molecule has 2 aromatic rings. The summed E-state index contributed by atoms with van der Waals surface area (Å²) in [6.07, 6.45) is 0. The van der Waals surface area contributed by atoms with Gasteiger partial charge in [0, 0.05) is 15.5 Å². The van der Waals surface area contributed by atoms with Gasteiger partial charge in [-0.2, -0.15) is 4.72 Å². The summed E-state index contributed by atoms with van der Waals surface area (Å²) in [6, 6.07) is 5.99. The minimum Gasteiger partial charge on any atom is -0.480 e. The number of carboxylic acid groups (broad SMARTS) is 1. The van der Waals surface area contributed by atoms with Crippen molar-refractivity contribution in [2.45, 2.75) is 24.8 Å². The quantitative estimate of drug-likeness (QED) is 0.887. The van der Waals surface area contributed by atoms with Gasteiger partial charge in [0.1, 0.15) is 10.9 Å². The third-order valence-electron chi connectivity index (χ3n) is 2.95.